The molecule has 94 valence electrons. The fourth-order valence-corrected chi connectivity index (χ4v) is 2.03. The van der Waals surface area contributed by atoms with E-state index in [0.717, 1.165) is 25.3 Å². The molecular formula is C12H20N4O. The number of nitrogens with one attached hydrogen (secondary N) is 2. The summed E-state index contributed by atoms with van der Waals surface area (Å²) in [5, 5.41) is 6.75. The molecule has 1 aliphatic heterocycles. The first-order valence-corrected chi connectivity index (χ1v) is 6.30. The standard InChI is InChI=1S/C12H20N4O/c1-2-17-12-9-13-8-11(16-12)15-7-5-10-4-3-6-14-10/h8-10,14H,2-7H2,1H3,(H,15,16)/t10-/m1/s1. The zero-order valence-electron chi connectivity index (χ0n) is 10.3. The molecule has 0 aliphatic carbocycles. The van der Waals surface area contributed by atoms with Crippen LogP contribution >= 0.6 is 0 Å². The third kappa shape index (κ3) is 3.85. The van der Waals surface area contributed by atoms with Gasteiger partial charge in [0.2, 0.25) is 5.88 Å². The minimum Gasteiger partial charge on any atom is -0.477 e. The van der Waals surface area contributed by atoms with E-state index in [1.54, 1.807) is 12.4 Å². The van der Waals surface area contributed by atoms with Gasteiger partial charge in [-0.3, -0.25) is 4.98 Å². The molecule has 1 aromatic heterocycles. The maximum atomic E-state index is 5.30. The molecule has 0 saturated carbocycles. The third-order valence-corrected chi connectivity index (χ3v) is 2.87. The van der Waals surface area contributed by atoms with Gasteiger partial charge < -0.3 is 15.4 Å². The van der Waals surface area contributed by atoms with E-state index in [2.05, 4.69) is 20.6 Å². The first-order valence-electron chi connectivity index (χ1n) is 6.30. The molecule has 0 amide bonds. The van der Waals surface area contributed by atoms with Crippen LogP contribution < -0.4 is 15.4 Å². The van der Waals surface area contributed by atoms with E-state index in [4.69, 9.17) is 4.74 Å². The summed E-state index contributed by atoms with van der Waals surface area (Å²) in [7, 11) is 0. The second-order valence-corrected chi connectivity index (χ2v) is 4.18. The molecule has 5 nitrogen and oxygen atoms in total. The van der Waals surface area contributed by atoms with Crippen LogP contribution in [0.2, 0.25) is 0 Å². The first-order chi connectivity index (χ1) is 8.38. The number of nitrogens with zero attached hydrogens (tertiary/aromatic N) is 2. The highest BCUT2D eigenvalue weighted by Crippen LogP contribution is 2.11. The molecule has 0 bridgehead atoms. The van der Waals surface area contributed by atoms with Crippen molar-refractivity contribution in [1.82, 2.24) is 15.3 Å². The lowest BCUT2D eigenvalue weighted by Crippen LogP contribution is -2.24. The Balaban J connectivity index is 1.75. The molecule has 17 heavy (non-hydrogen) atoms. The second-order valence-electron chi connectivity index (χ2n) is 4.18. The number of ether oxygens (including phenoxy) is 1. The zero-order chi connectivity index (χ0) is 11.9. The summed E-state index contributed by atoms with van der Waals surface area (Å²) < 4.78 is 5.30. The summed E-state index contributed by atoms with van der Waals surface area (Å²) in [6.45, 7) is 4.63. The predicted octanol–water partition coefficient (Wildman–Crippen LogP) is 1.43. The highest BCUT2D eigenvalue weighted by atomic mass is 16.5. The van der Waals surface area contributed by atoms with Crippen molar-refractivity contribution in [2.45, 2.75) is 32.2 Å². The van der Waals surface area contributed by atoms with Crippen LogP contribution in [-0.2, 0) is 0 Å². The Hall–Kier alpha value is -1.36. The van der Waals surface area contributed by atoms with E-state index in [1.807, 2.05) is 6.92 Å². The molecule has 2 N–H and O–H groups in total. The maximum absolute atomic E-state index is 5.30. The van der Waals surface area contributed by atoms with E-state index in [0.29, 0.717) is 18.5 Å². The van der Waals surface area contributed by atoms with Crippen molar-refractivity contribution in [3.05, 3.63) is 12.4 Å². The molecule has 0 radical (unpaired) electrons. The van der Waals surface area contributed by atoms with Crippen LogP contribution in [0.15, 0.2) is 12.4 Å². The van der Waals surface area contributed by atoms with Gasteiger partial charge >= 0.3 is 0 Å². The number of rotatable bonds is 6. The topological polar surface area (TPSA) is 59.1 Å². The number of hydrogen-bond donors (Lipinski definition) is 2. The van der Waals surface area contributed by atoms with Crippen molar-refractivity contribution in [3.8, 4) is 5.88 Å². The minimum atomic E-state index is 0.580. The Kier molecular flexibility index (Phi) is 4.55. The van der Waals surface area contributed by atoms with Gasteiger partial charge in [0.1, 0.15) is 5.82 Å². The lowest BCUT2D eigenvalue weighted by molar-refractivity contribution is 0.325. The predicted molar refractivity (Wildman–Crippen MR) is 67.3 cm³/mol. The van der Waals surface area contributed by atoms with Crippen LogP contribution in [-0.4, -0.2) is 35.7 Å². The molecule has 2 rings (SSSR count). The van der Waals surface area contributed by atoms with Crippen LogP contribution in [0.1, 0.15) is 26.2 Å². The monoisotopic (exact) mass is 236 g/mol. The lowest BCUT2D eigenvalue weighted by atomic mass is 10.1. The van der Waals surface area contributed by atoms with Crippen molar-refractivity contribution in [1.29, 1.82) is 0 Å². The molecule has 1 aliphatic rings. The van der Waals surface area contributed by atoms with Gasteiger partial charge in [-0.2, -0.15) is 4.98 Å². The minimum absolute atomic E-state index is 0.580. The average Bonchev–Trinajstić information content (AvgIpc) is 2.83. The largest absolute Gasteiger partial charge is 0.477 e. The Bertz CT molecular complexity index is 339. The summed E-state index contributed by atoms with van der Waals surface area (Å²) in [5.41, 5.74) is 0. The zero-order valence-corrected chi connectivity index (χ0v) is 10.3. The van der Waals surface area contributed by atoms with Crippen LogP contribution in [0.25, 0.3) is 0 Å². The summed E-state index contributed by atoms with van der Waals surface area (Å²) >= 11 is 0. The smallest absolute Gasteiger partial charge is 0.234 e. The van der Waals surface area contributed by atoms with Gasteiger partial charge in [0.25, 0.3) is 0 Å². The van der Waals surface area contributed by atoms with Crippen LogP contribution in [0.3, 0.4) is 0 Å². The normalized spacial score (nSPS) is 19.2. The molecule has 2 heterocycles. The number of aromatic nitrogens is 2. The van der Waals surface area contributed by atoms with Gasteiger partial charge in [0.05, 0.1) is 19.0 Å². The first kappa shape index (κ1) is 12.1. The van der Waals surface area contributed by atoms with E-state index in [9.17, 15) is 0 Å². The lowest BCUT2D eigenvalue weighted by Gasteiger charge is -2.11. The van der Waals surface area contributed by atoms with Gasteiger partial charge in [-0.1, -0.05) is 0 Å². The molecule has 1 saturated heterocycles. The van der Waals surface area contributed by atoms with E-state index in [-0.39, 0.29) is 0 Å². The van der Waals surface area contributed by atoms with E-state index >= 15 is 0 Å². The van der Waals surface area contributed by atoms with Crippen molar-refractivity contribution < 1.29 is 4.74 Å². The molecule has 0 spiro atoms. The molecule has 0 unspecified atom stereocenters. The second kappa shape index (κ2) is 6.39. The van der Waals surface area contributed by atoms with Crippen molar-refractivity contribution in [3.63, 3.8) is 0 Å². The van der Waals surface area contributed by atoms with Crippen LogP contribution in [0.4, 0.5) is 5.82 Å². The van der Waals surface area contributed by atoms with E-state index in [1.165, 1.54) is 12.8 Å². The third-order valence-electron chi connectivity index (χ3n) is 2.87. The summed E-state index contributed by atoms with van der Waals surface area (Å²) in [5.74, 6) is 1.37. The Labute approximate surface area is 102 Å². The van der Waals surface area contributed by atoms with Crippen LogP contribution in [0, 0.1) is 0 Å². The Morgan fingerprint density at radius 3 is 3.24 bits per heavy atom. The highest BCUT2D eigenvalue weighted by molar-refractivity contribution is 5.33. The van der Waals surface area contributed by atoms with Gasteiger partial charge in [-0.15, -0.1) is 0 Å². The molecular weight excluding hydrogens is 216 g/mol. The van der Waals surface area contributed by atoms with Crippen molar-refractivity contribution in [2.24, 2.45) is 0 Å². The fourth-order valence-electron chi connectivity index (χ4n) is 2.03. The number of hydrogen-bond acceptors (Lipinski definition) is 5. The molecule has 5 heteroatoms. The summed E-state index contributed by atoms with van der Waals surface area (Å²) in [6.07, 6.45) is 7.06. The van der Waals surface area contributed by atoms with Gasteiger partial charge in [0.15, 0.2) is 0 Å². The quantitative estimate of drug-likeness (QED) is 0.782. The Morgan fingerprint density at radius 1 is 1.53 bits per heavy atom. The van der Waals surface area contributed by atoms with Gasteiger partial charge in [-0.25, -0.2) is 0 Å². The van der Waals surface area contributed by atoms with Crippen molar-refractivity contribution >= 4 is 5.82 Å². The number of anilines is 1. The molecule has 1 aromatic rings. The fraction of sp³-hybridized carbons (Fsp3) is 0.667. The highest BCUT2D eigenvalue weighted by Gasteiger charge is 2.12. The SMILES string of the molecule is CCOc1cncc(NCC[C@H]2CCCN2)n1. The van der Waals surface area contributed by atoms with E-state index < -0.39 is 0 Å². The van der Waals surface area contributed by atoms with Gasteiger partial charge in [-0.05, 0) is 32.7 Å². The average molecular weight is 236 g/mol. The maximum Gasteiger partial charge on any atom is 0.234 e. The van der Waals surface area contributed by atoms with Gasteiger partial charge in [0, 0.05) is 12.6 Å². The molecule has 1 atom stereocenters. The Morgan fingerprint density at radius 2 is 2.47 bits per heavy atom. The summed E-state index contributed by atoms with van der Waals surface area (Å²) in [4.78, 5) is 8.40. The molecule has 0 aromatic carbocycles. The summed E-state index contributed by atoms with van der Waals surface area (Å²) in [6, 6.07) is 0.658. The van der Waals surface area contributed by atoms with Crippen LogP contribution in [0.5, 0.6) is 5.88 Å². The van der Waals surface area contributed by atoms with Crippen molar-refractivity contribution in [2.75, 3.05) is 25.0 Å². The molecule has 1 fully saturated rings.